The molecule has 1 fully saturated rings. The van der Waals surface area contributed by atoms with Crippen LogP contribution in [-0.4, -0.2) is 25.0 Å². The fourth-order valence-corrected chi connectivity index (χ4v) is 2.61. The van der Waals surface area contributed by atoms with Crippen molar-refractivity contribution in [2.45, 2.75) is 26.9 Å². The van der Waals surface area contributed by atoms with Crippen LogP contribution in [0.1, 0.15) is 26.3 Å². The smallest absolute Gasteiger partial charge is 0.414 e. The summed E-state index contributed by atoms with van der Waals surface area (Å²) in [6, 6.07) is 4.65. The topological polar surface area (TPSA) is 46.6 Å². The van der Waals surface area contributed by atoms with Crippen LogP contribution in [0.2, 0.25) is 0 Å². The molecule has 1 amide bonds. The van der Waals surface area contributed by atoms with Crippen molar-refractivity contribution in [3.63, 3.8) is 0 Å². The summed E-state index contributed by atoms with van der Waals surface area (Å²) < 4.78 is 19.5. The van der Waals surface area contributed by atoms with Crippen LogP contribution in [-0.2, 0) is 9.53 Å². The largest absolute Gasteiger partial charge is 0.444 e. The van der Waals surface area contributed by atoms with E-state index in [4.69, 9.17) is 4.74 Å². The molecule has 3 rings (SSSR count). The van der Waals surface area contributed by atoms with Gasteiger partial charge < -0.3 is 9.53 Å². The Balaban J connectivity index is 0.00000109. The number of aldehydes is 1. The first-order valence-electron chi connectivity index (χ1n) is 8.38. The molecule has 0 N–H and O–H groups in total. The second kappa shape index (κ2) is 8.42. The molecule has 1 aromatic carbocycles. The normalized spacial score (nSPS) is 21.8. The molecular formula is C20H22FNO3. The van der Waals surface area contributed by atoms with E-state index in [0.717, 1.165) is 6.29 Å². The predicted molar refractivity (Wildman–Crippen MR) is 96.8 cm³/mol. The molecule has 1 aliphatic heterocycles. The quantitative estimate of drug-likeness (QED) is 0.758. The van der Waals surface area contributed by atoms with Crippen molar-refractivity contribution in [1.82, 2.24) is 0 Å². The average molecular weight is 343 g/mol. The lowest BCUT2D eigenvalue weighted by molar-refractivity contribution is -0.108. The Morgan fingerprint density at radius 1 is 1.28 bits per heavy atom. The number of carbonyl (C=O) groups excluding carboxylic acids is 2. The molecule has 0 aromatic heterocycles. The molecule has 2 unspecified atom stereocenters. The molecule has 5 heteroatoms. The Morgan fingerprint density at radius 3 is 2.64 bits per heavy atom. The first kappa shape index (κ1) is 18.6. The number of rotatable bonds is 3. The Bertz CT molecular complexity index is 736. The number of ether oxygens (including phenoxy) is 1. The van der Waals surface area contributed by atoms with E-state index >= 15 is 0 Å². The number of carbonyl (C=O) groups is 2. The van der Waals surface area contributed by atoms with Crippen LogP contribution in [0.3, 0.4) is 0 Å². The molecule has 0 saturated carbocycles. The summed E-state index contributed by atoms with van der Waals surface area (Å²) in [7, 11) is 0. The third kappa shape index (κ3) is 4.24. The van der Waals surface area contributed by atoms with Gasteiger partial charge in [0.1, 0.15) is 18.2 Å². The SMILES string of the molecule is CC.CC1CN(c2ccc(C3=CC=CC(C=O)C=C3)c(F)c2)C(=O)O1. The van der Waals surface area contributed by atoms with Crippen molar-refractivity contribution in [3.05, 3.63) is 60.0 Å². The minimum absolute atomic E-state index is 0.205. The number of benzene rings is 1. The predicted octanol–water partition coefficient (Wildman–Crippen LogP) is 4.52. The number of hydrogen-bond donors (Lipinski definition) is 0. The van der Waals surface area contributed by atoms with Gasteiger partial charge >= 0.3 is 6.09 Å². The van der Waals surface area contributed by atoms with E-state index in [1.807, 2.05) is 13.8 Å². The summed E-state index contributed by atoms with van der Waals surface area (Å²) in [6.07, 6.45) is 8.83. The molecule has 132 valence electrons. The highest BCUT2D eigenvalue weighted by Gasteiger charge is 2.29. The Morgan fingerprint density at radius 2 is 2.04 bits per heavy atom. The first-order chi connectivity index (χ1) is 12.1. The minimum atomic E-state index is -0.463. The van der Waals surface area contributed by atoms with E-state index < -0.39 is 11.9 Å². The van der Waals surface area contributed by atoms with Gasteiger partial charge in [-0.05, 0) is 30.7 Å². The molecule has 4 nitrogen and oxygen atoms in total. The lowest BCUT2D eigenvalue weighted by Crippen LogP contribution is -2.24. The molecule has 25 heavy (non-hydrogen) atoms. The highest BCUT2D eigenvalue weighted by molar-refractivity contribution is 5.90. The van der Waals surface area contributed by atoms with Gasteiger partial charge in [0, 0.05) is 5.56 Å². The van der Waals surface area contributed by atoms with Gasteiger partial charge in [-0.1, -0.05) is 44.2 Å². The van der Waals surface area contributed by atoms with Crippen LogP contribution in [0.5, 0.6) is 0 Å². The third-order valence-electron chi connectivity index (χ3n) is 3.80. The molecule has 1 saturated heterocycles. The van der Waals surface area contributed by atoms with Gasteiger partial charge in [-0.3, -0.25) is 4.90 Å². The number of halogens is 1. The van der Waals surface area contributed by atoms with Crippen LogP contribution in [0.4, 0.5) is 14.9 Å². The zero-order chi connectivity index (χ0) is 18.4. The highest BCUT2D eigenvalue weighted by Crippen LogP contribution is 2.28. The van der Waals surface area contributed by atoms with Gasteiger partial charge in [0.05, 0.1) is 18.2 Å². The van der Waals surface area contributed by atoms with E-state index in [2.05, 4.69) is 0 Å². The monoisotopic (exact) mass is 343 g/mol. The van der Waals surface area contributed by atoms with E-state index in [9.17, 15) is 14.0 Å². The molecular weight excluding hydrogens is 321 g/mol. The van der Waals surface area contributed by atoms with E-state index in [1.54, 1.807) is 49.4 Å². The summed E-state index contributed by atoms with van der Waals surface area (Å²) in [5.41, 5.74) is 1.56. The maximum absolute atomic E-state index is 14.5. The number of anilines is 1. The molecule has 1 aromatic rings. The number of allylic oxidation sites excluding steroid dienone is 6. The van der Waals surface area contributed by atoms with Crippen LogP contribution in [0, 0.1) is 11.7 Å². The molecule has 2 aliphatic rings. The average Bonchev–Trinajstić information content (AvgIpc) is 2.82. The lowest BCUT2D eigenvalue weighted by atomic mass is 10.0. The molecule has 0 spiro atoms. The Labute approximate surface area is 147 Å². The maximum atomic E-state index is 14.5. The molecule has 2 atom stereocenters. The lowest BCUT2D eigenvalue weighted by Gasteiger charge is -2.14. The standard InChI is InChI=1S/C18H16FNO3.C2H6/c1-12-10-20(18(22)23-12)15-7-8-16(17(19)9-15)14-4-2-3-13(11-21)5-6-14;1-2/h2-9,11-13H,10H2,1H3;1-2H3. The van der Waals surface area contributed by atoms with E-state index in [-0.39, 0.29) is 12.0 Å². The van der Waals surface area contributed by atoms with Gasteiger partial charge in [-0.15, -0.1) is 0 Å². The summed E-state index contributed by atoms with van der Waals surface area (Å²) in [6.45, 7) is 6.20. The number of hydrogen-bond acceptors (Lipinski definition) is 3. The zero-order valence-corrected chi connectivity index (χ0v) is 14.6. The summed E-state index contributed by atoms with van der Waals surface area (Å²) in [5, 5.41) is 0. The van der Waals surface area contributed by atoms with Gasteiger partial charge in [-0.2, -0.15) is 0 Å². The molecule has 1 aliphatic carbocycles. The van der Waals surface area contributed by atoms with Crippen molar-refractivity contribution in [2.24, 2.45) is 5.92 Å². The highest BCUT2D eigenvalue weighted by atomic mass is 19.1. The summed E-state index contributed by atoms with van der Waals surface area (Å²) in [5.74, 6) is -0.726. The van der Waals surface area contributed by atoms with Crippen molar-refractivity contribution in [3.8, 4) is 0 Å². The van der Waals surface area contributed by atoms with E-state index in [1.165, 1.54) is 11.0 Å². The molecule has 0 bridgehead atoms. The Kier molecular flexibility index (Phi) is 6.28. The minimum Gasteiger partial charge on any atom is -0.444 e. The summed E-state index contributed by atoms with van der Waals surface area (Å²) in [4.78, 5) is 24.0. The fraction of sp³-hybridized carbons (Fsp3) is 0.300. The van der Waals surface area contributed by atoms with Gasteiger partial charge in [0.15, 0.2) is 0 Å². The number of cyclic esters (lactones) is 1. The first-order valence-corrected chi connectivity index (χ1v) is 8.38. The number of amides is 1. The number of nitrogens with zero attached hydrogens (tertiary/aromatic N) is 1. The second-order valence-corrected chi connectivity index (χ2v) is 5.55. The van der Waals surface area contributed by atoms with Gasteiger partial charge in [-0.25, -0.2) is 9.18 Å². The second-order valence-electron chi connectivity index (χ2n) is 5.55. The van der Waals surface area contributed by atoms with Crippen LogP contribution >= 0.6 is 0 Å². The molecule has 1 heterocycles. The fourth-order valence-electron chi connectivity index (χ4n) is 2.61. The van der Waals surface area contributed by atoms with Crippen molar-refractivity contribution in [1.29, 1.82) is 0 Å². The van der Waals surface area contributed by atoms with Crippen LogP contribution < -0.4 is 4.90 Å². The van der Waals surface area contributed by atoms with Gasteiger partial charge in [0.2, 0.25) is 0 Å². The van der Waals surface area contributed by atoms with Crippen molar-refractivity contribution < 1.29 is 18.7 Å². The van der Waals surface area contributed by atoms with Crippen molar-refractivity contribution in [2.75, 3.05) is 11.4 Å². The third-order valence-corrected chi connectivity index (χ3v) is 3.80. The van der Waals surface area contributed by atoms with Crippen molar-refractivity contribution >= 4 is 23.6 Å². The zero-order valence-electron chi connectivity index (χ0n) is 14.6. The Hall–Kier alpha value is -2.69. The van der Waals surface area contributed by atoms with Crippen LogP contribution in [0.25, 0.3) is 5.57 Å². The summed E-state index contributed by atoms with van der Waals surface area (Å²) >= 11 is 0. The van der Waals surface area contributed by atoms with Gasteiger partial charge in [0.25, 0.3) is 0 Å². The van der Waals surface area contributed by atoms with E-state index in [0.29, 0.717) is 23.4 Å². The van der Waals surface area contributed by atoms with Crippen LogP contribution in [0.15, 0.2) is 48.6 Å². The maximum Gasteiger partial charge on any atom is 0.414 e. The molecule has 0 radical (unpaired) electrons.